The summed E-state index contributed by atoms with van der Waals surface area (Å²) in [7, 11) is -3.65. The molecule has 1 atom stereocenters. The molecule has 1 aliphatic rings. The third kappa shape index (κ3) is 2.95. The van der Waals surface area contributed by atoms with Gasteiger partial charge in [-0.25, -0.2) is 8.42 Å². The largest absolute Gasteiger partial charge is 0.399 e. The lowest BCUT2D eigenvalue weighted by atomic mass is 10.1. The Hall–Kier alpha value is -1.56. The lowest BCUT2D eigenvalue weighted by Gasteiger charge is -2.29. The summed E-state index contributed by atoms with van der Waals surface area (Å²) in [5, 5.41) is -1.05. The second-order valence-corrected chi connectivity index (χ2v) is 7.41. The molecule has 1 unspecified atom stereocenters. The summed E-state index contributed by atoms with van der Waals surface area (Å²) < 4.78 is 24.9. The van der Waals surface area contributed by atoms with E-state index in [2.05, 4.69) is 0 Å². The van der Waals surface area contributed by atoms with Crippen LogP contribution in [0.4, 0.5) is 5.69 Å². The summed E-state index contributed by atoms with van der Waals surface area (Å²) in [5.41, 5.74) is 6.05. The highest BCUT2D eigenvalue weighted by Gasteiger charge is 2.33. The van der Waals surface area contributed by atoms with Crippen molar-refractivity contribution in [3.8, 4) is 0 Å². The van der Waals surface area contributed by atoms with Gasteiger partial charge in [0.15, 0.2) is 9.84 Å². The Kier molecular flexibility index (Phi) is 4.32. The Balaban J connectivity index is 2.20. The number of benzene rings is 1. The van der Waals surface area contributed by atoms with Crippen LogP contribution >= 0.6 is 0 Å². The maximum atomic E-state index is 12.4. The van der Waals surface area contributed by atoms with Crippen LogP contribution in [-0.2, 0) is 14.6 Å². The molecule has 0 aliphatic carbocycles. The molecule has 1 aliphatic heterocycles. The van der Waals surface area contributed by atoms with Crippen molar-refractivity contribution in [1.29, 1.82) is 0 Å². The van der Waals surface area contributed by atoms with E-state index in [0.717, 1.165) is 19.3 Å². The van der Waals surface area contributed by atoms with E-state index in [9.17, 15) is 13.2 Å². The molecule has 110 valence electrons. The Labute approximate surface area is 119 Å². The maximum absolute atomic E-state index is 12.4. The zero-order valence-corrected chi connectivity index (χ0v) is 12.4. The second-order valence-electron chi connectivity index (χ2n) is 5.14. The number of carbonyl (C=O) groups excluding carboxylic acids is 1. The van der Waals surface area contributed by atoms with Gasteiger partial charge in [-0.05, 0) is 50.5 Å². The predicted molar refractivity (Wildman–Crippen MR) is 77.9 cm³/mol. The monoisotopic (exact) mass is 296 g/mol. The van der Waals surface area contributed by atoms with Gasteiger partial charge in [0.05, 0.1) is 4.90 Å². The normalized spacial score (nSPS) is 17.8. The fourth-order valence-electron chi connectivity index (χ4n) is 2.37. The van der Waals surface area contributed by atoms with E-state index in [-0.39, 0.29) is 10.8 Å². The fraction of sp³-hybridized carbons (Fsp3) is 0.500. The zero-order valence-electron chi connectivity index (χ0n) is 11.6. The van der Waals surface area contributed by atoms with Crippen molar-refractivity contribution in [2.45, 2.75) is 36.3 Å². The molecule has 5 nitrogen and oxygen atoms in total. The third-order valence-electron chi connectivity index (χ3n) is 3.69. The summed E-state index contributed by atoms with van der Waals surface area (Å²) in [4.78, 5) is 14.1. The van der Waals surface area contributed by atoms with E-state index in [1.165, 1.54) is 31.2 Å². The Bertz CT molecular complexity index is 575. The average Bonchev–Trinajstić information content (AvgIpc) is 2.47. The molecule has 1 amide bonds. The lowest BCUT2D eigenvalue weighted by molar-refractivity contribution is -0.131. The van der Waals surface area contributed by atoms with E-state index in [4.69, 9.17) is 5.73 Å². The van der Waals surface area contributed by atoms with Crippen molar-refractivity contribution >= 4 is 21.4 Å². The van der Waals surface area contributed by atoms with Crippen LogP contribution in [0.3, 0.4) is 0 Å². The minimum absolute atomic E-state index is 0.143. The number of rotatable bonds is 3. The minimum atomic E-state index is -3.65. The fourth-order valence-corrected chi connectivity index (χ4v) is 3.70. The van der Waals surface area contributed by atoms with Gasteiger partial charge in [0.2, 0.25) is 5.91 Å². The number of amides is 1. The standard InChI is InChI=1S/C14H20N2O3S/c1-11(14(17)16-9-3-2-4-10-16)20(18,19)13-7-5-12(15)6-8-13/h5-8,11H,2-4,9-10,15H2,1H3. The third-order valence-corrected chi connectivity index (χ3v) is 5.75. The lowest BCUT2D eigenvalue weighted by Crippen LogP contribution is -2.44. The molecule has 1 saturated heterocycles. The van der Waals surface area contributed by atoms with Crippen molar-refractivity contribution in [3.05, 3.63) is 24.3 Å². The van der Waals surface area contributed by atoms with Crippen LogP contribution in [0.15, 0.2) is 29.2 Å². The highest BCUT2D eigenvalue weighted by atomic mass is 32.2. The van der Waals surface area contributed by atoms with Crippen LogP contribution in [0.25, 0.3) is 0 Å². The van der Waals surface area contributed by atoms with Crippen molar-refractivity contribution < 1.29 is 13.2 Å². The topological polar surface area (TPSA) is 80.5 Å². The minimum Gasteiger partial charge on any atom is -0.399 e. The van der Waals surface area contributed by atoms with E-state index in [0.29, 0.717) is 18.8 Å². The molecule has 0 bridgehead atoms. The first-order valence-corrected chi connectivity index (χ1v) is 8.36. The van der Waals surface area contributed by atoms with Crippen molar-refractivity contribution in [3.63, 3.8) is 0 Å². The molecule has 6 heteroatoms. The number of nitrogen functional groups attached to an aromatic ring is 1. The summed E-state index contributed by atoms with van der Waals surface area (Å²) in [6, 6.07) is 5.96. The van der Waals surface area contributed by atoms with Crippen LogP contribution in [0.1, 0.15) is 26.2 Å². The van der Waals surface area contributed by atoms with Gasteiger partial charge >= 0.3 is 0 Å². The Morgan fingerprint density at radius 3 is 2.25 bits per heavy atom. The van der Waals surface area contributed by atoms with Gasteiger partial charge in [0.25, 0.3) is 0 Å². The first-order chi connectivity index (χ1) is 9.43. The van der Waals surface area contributed by atoms with Gasteiger partial charge in [-0.1, -0.05) is 0 Å². The molecule has 0 aromatic heterocycles. The van der Waals surface area contributed by atoms with E-state index in [1.54, 1.807) is 4.90 Å². The molecular weight excluding hydrogens is 276 g/mol. The van der Waals surface area contributed by atoms with Crippen molar-refractivity contribution in [2.75, 3.05) is 18.8 Å². The number of anilines is 1. The zero-order chi connectivity index (χ0) is 14.8. The summed E-state index contributed by atoms with van der Waals surface area (Å²) in [5.74, 6) is -0.304. The number of carbonyl (C=O) groups is 1. The number of likely N-dealkylation sites (tertiary alicyclic amines) is 1. The summed E-state index contributed by atoms with van der Waals surface area (Å²) in [6.45, 7) is 2.77. The quantitative estimate of drug-likeness (QED) is 0.856. The first kappa shape index (κ1) is 14.8. The van der Waals surface area contributed by atoms with Gasteiger partial charge in [0, 0.05) is 18.8 Å². The number of nitrogens with two attached hydrogens (primary N) is 1. The number of piperidine rings is 1. The summed E-state index contributed by atoms with van der Waals surface area (Å²) >= 11 is 0. The average molecular weight is 296 g/mol. The van der Waals surface area contributed by atoms with Gasteiger partial charge in [-0.2, -0.15) is 0 Å². The van der Waals surface area contributed by atoms with Crippen LogP contribution in [0.5, 0.6) is 0 Å². The van der Waals surface area contributed by atoms with Crippen LogP contribution < -0.4 is 5.73 Å². The van der Waals surface area contributed by atoms with Crippen molar-refractivity contribution in [1.82, 2.24) is 4.90 Å². The molecule has 1 aromatic carbocycles. The SMILES string of the molecule is CC(C(=O)N1CCCCC1)S(=O)(=O)c1ccc(N)cc1. The number of hydrogen-bond acceptors (Lipinski definition) is 4. The number of nitrogens with zero attached hydrogens (tertiary/aromatic N) is 1. The first-order valence-electron chi connectivity index (χ1n) is 6.81. The molecule has 1 fully saturated rings. The molecule has 1 aromatic rings. The molecule has 0 radical (unpaired) electrons. The molecular formula is C14H20N2O3S. The Morgan fingerprint density at radius 2 is 1.70 bits per heavy atom. The van der Waals surface area contributed by atoms with Gasteiger partial charge in [-0.3, -0.25) is 4.79 Å². The highest BCUT2D eigenvalue weighted by Crippen LogP contribution is 2.20. The van der Waals surface area contributed by atoms with Crippen LogP contribution in [0, 0.1) is 0 Å². The number of sulfone groups is 1. The second kappa shape index (κ2) is 5.83. The molecule has 2 rings (SSSR count). The maximum Gasteiger partial charge on any atom is 0.241 e. The molecule has 0 spiro atoms. The Morgan fingerprint density at radius 1 is 1.15 bits per heavy atom. The van der Waals surface area contributed by atoms with Gasteiger partial charge < -0.3 is 10.6 Å². The van der Waals surface area contributed by atoms with Gasteiger partial charge in [-0.15, -0.1) is 0 Å². The summed E-state index contributed by atoms with van der Waals surface area (Å²) in [6.07, 6.45) is 2.99. The number of hydrogen-bond donors (Lipinski definition) is 1. The van der Waals surface area contributed by atoms with E-state index >= 15 is 0 Å². The smallest absolute Gasteiger partial charge is 0.241 e. The molecule has 2 N–H and O–H groups in total. The van der Waals surface area contributed by atoms with E-state index < -0.39 is 15.1 Å². The van der Waals surface area contributed by atoms with Crippen LogP contribution in [0.2, 0.25) is 0 Å². The van der Waals surface area contributed by atoms with Crippen LogP contribution in [-0.4, -0.2) is 37.6 Å². The highest BCUT2D eigenvalue weighted by molar-refractivity contribution is 7.92. The predicted octanol–water partition coefficient (Wildman–Crippen LogP) is 1.44. The van der Waals surface area contributed by atoms with Gasteiger partial charge in [0.1, 0.15) is 5.25 Å². The molecule has 1 heterocycles. The molecule has 20 heavy (non-hydrogen) atoms. The van der Waals surface area contributed by atoms with E-state index in [1.807, 2.05) is 0 Å². The molecule has 0 saturated carbocycles. The van der Waals surface area contributed by atoms with Crippen molar-refractivity contribution in [2.24, 2.45) is 0 Å².